The smallest absolute Gasteiger partial charge is 0.332 e. The van der Waals surface area contributed by atoms with Gasteiger partial charge in [0.05, 0.1) is 6.54 Å². The second-order valence-electron chi connectivity index (χ2n) is 7.37. The van der Waals surface area contributed by atoms with E-state index in [4.69, 9.17) is 11.6 Å². The molecule has 1 aliphatic heterocycles. The Hall–Kier alpha value is -2.65. The van der Waals surface area contributed by atoms with E-state index in [2.05, 4.69) is 14.8 Å². The minimum atomic E-state index is -0.469. The molecule has 3 heterocycles. The van der Waals surface area contributed by atoms with Crippen LogP contribution in [0, 0.1) is 5.82 Å². The number of halogens is 2. The standard InChI is InChI=1S/C19H22ClFN6O2/c1-23-7-9-26(10-8-23)18-22-16-15(17(28)25(3)19(29)24(16)2)27(18)11-12-13(20)5-4-6-14(12)21/h4-6H,7-11H2,1-3H3. The first-order chi connectivity index (χ1) is 13.8. The fourth-order valence-corrected chi connectivity index (χ4v) is 3.90. The molecule has 1 fully saturated rings. The molecule has 0 radical (unpaired) electrons. The third kappa shape index (κ3) is 3.24. The van der Waals surface area contributed by atoms with Gasteiger partial charge in [-0.2, -0.15) is 4.98 Å². The molecule has 0 bridgehead atoms. The van der Waals surface area contributed by atoms with E-state index in [-0.39, 0.29) is 28.3 Å². The van der Waals surface area contributed by atoms with Gasteiger partial charge in [0.1, 0.15) is 5.82 Å². The summed E-state index contributed by atoms with van der Waals surface area (Å²) in [5, 5.41) is 0.276. The minimum absolute atomic E-state index is 0.0388. The predicted molar refractivity (Wildman–Crippen MR) is 110 cm³/mol. The number of likely N-dealkylation sites (N-methyl/N-ethyl adjacent to an activating group) is 1. The van der Waals surface area contributed by atoms with Gasteiger partial charge in [-0.25, -0.2) is 9.18 Å². The van der Waals surface area contributed by atoms with Crippen LogP contribution in [0.4, 0.5) is 10.3 Å². The van der Waals surface area contributed by atoms with Gasteiger partial charge in [0.2, 0.25) is 5.95 Å². The summed E-state index contributed by atoms with van der Waals surface area (Å²) < 4.78 is 18.6. The van der Waals surface area contributed by atoms with Gasteiger partial charge < -0.3 is 9.80 Å². The summed E-state index contributed by atoms with van der Waals surface area (Å²) in [6.45, 7) is 3.12. The molecule has 3 aromatic rings. The zero-order chi connectivity index (χ0) is 20.9. The van der Waals surface area contributed by atoms with Crippen LogP contribution in [-0.4, -0.2) is 56.8 Å². The number of anilines is 1. The van der Waals surface area contributed by atoms with Crippen LogP contribution in [-0.2, 0) is 20.6 Å². The molecule has 0 saturated carbocycles. The lowest BCUT2D eigenvalue weighted by Crippen LogP contribution is -2.45. The normalized spacial score (nSPS) is 15.4. The van der Waals surface area contributed by atoms with Crippen LogP contribution >= 0.6 is 11.6 Å². The summed E-state index contributed by atoms with van der Waals surface area (Å²) in [5.41, 5.74) is -0.119. The average molecular weight is 421 g/mol. The Morgan fingerprint density at radius 3 is 2.41 bits per heavy atom. The largest absolute Gasteiger partial charge is 0.340 e. The lowest BCUT2D eigenvalue weighted by molar-refractivity contribution is 0.310. The maximum Gasteiger partial charge on any atom is 0.332 e. The lowest BCUT2D eigenvalue weighted by atomic mass is 10.2. The number of hydrogen-bond donors (Lipinski definition) is 0. The number of hydrogen-bond acceptors (Lipinski definition) is 5. The van der Waals surface area contributed by atoms with Gasteiger partial charge >= 0.3 is 5.69 Å². The second kappa shape index (κ2) is 7.31. The number of aryl methyl sites for hydroxylation is 1. The van der Waals surface area contributed by atoms with Gasteiger partial charge in [-0.15, -0.1) is 0 Å². The molecular weight excluding hydrogens is 399 g/mol. The molecule has 0 atom stereocenters. The van der Waals surface area contributed by atoms with Crippen molar-refractivity contribution in [2.75, 3.05) is 38.1 Å². The van der Waals surface area contributed by atoms with Crippen LogP contribution in [0.5, 0.6) is 0 Å². The number of nitrogens with zero attached hydrogens (tertiary/aromatic N) is 6. The van der Waals surface area contributed by atoms with E-state index < -0.39 is 17.1 Å². The molecule has 154 valence electrons. The van der Waals surface area contributed by atoms with Crippen LogP contribution in [0.1, 0.15) is 5.56 Å². The molecule has 4 rings (SSSR count). The van der Waals surface area contributed by atoms with Crippen molar-refractivity contribution >= 4 is 28.7 Å². The number of fused-ring (bicyclic) bond motifs is 1. The maximum atomic E-state index is 14.5. The first-order valence-electron chi connectivity index (χ1n) is 9.32. The Kier molecular flexibility index (Phi) is 4.95. The topological polar surface area (TPSA) is 68.3 Å². The molecule has 2 aromatic heterocycles. The second-order valence-corrected chi connectivity index (χ2v) is 7.77. The average Bonchev–Trinajstić information content (AvgIpc) is 3.07. The Morgan fingerprint density at radius 1 is 1.07 bits per heavy atom. The Labute approximate surface area is 171 Å². The van der Waals surface area contributed by atoms with E-state index in [1.807, 2.05) is 7.05 Å². The van der Waals surface area contributed by atoms with Crippen molar-refractivity contribution in [3.8, 4) is 0 Å². The van der Waals surface area contributed by atoms with Crippen molar-refractivity contribution in [3.05, 3.63) is 55.4 Å². The van der Waals surface area contributed by atoms with E-state index >= 15 is 0 Å². The molecular formula is C19H22ClFN6O2. The molecule has 1 aliphatic rings. The molecule has 10 heteroatoms. The van der Waals surface area contributed by atoms with Crippen LogP contribution in [0.3, 0.4) is 0 Å². The van der Waals surface area contributed by atoms with Crippen LogP contribution in [0.25, 0.3) is 11.2 Å². The number of piperazine rings is 1. The first-order valence-corrected chi connectivity index (χ1v) is 9.70. The van der Waals surface area contributed by atoms with Crippen LogP contribution in [0.2, 0.25) is 5.02 Å². The van der Waals surface area contributed by atoms with Gasteiger partial charge in [-0.3, -0.25) is 18.5 Å². The molecule has 0 unspecified atom stereocenters. The quantitative estimate of drug-likeness (QED) is 0.633. The molecule has 0 amide bonds. The van der Waals surface area contributed by atoms with Crippen molar-refractivity contribution in [1.82, 2.24) is 23.6 Å². The Morgan fingerprint density at radius 2 is 1.76 bits per heavy atom. The zero-order valence-corrected chi connectivity index (χ0v) is 17.3. The van der Waals surface area contributed by atoms with Crippen molar-refractivity contribution in [3.63, 3.8) is 0 Å². The van der Waals surface area contributed by atoms with Gasteiger partial charge in [0.15, 0.2) is 11.2 Å². The third-order valence-electron chi connectivity index (χ3n) is 5.49. The summed E-state index contributed by atoms with van der Waals surface area (Å²) in [4.78, 5) is 34.2. The highest BCUT2D eigenvalue weighted by molar-refractivity contribution is 6.31. The van der Waals surface area contributed by atoms with Gasteiger partial charge in [0.25, 0.3) is 5.56 Å². The minimum Gasteiger partial charge on any atom is -0.340 e. The van der Waals surface area contributed by atoms with Gasteiger partial charge in [-0.05, 0) is 19.2 Å². The molecule has 0 aliphatic carbocycles. The molecule has 0 spiro atoms. The van der Waals surface area contributed by atoms with E-state index in [1.54, 1.807) is 17.7 Å². The molecule has 0 N–H and O–H groups in total. The highest BCUT2D eigenvalue weighted by atomic mass is 35.5. The summed E-state index contributed by atoms with van der Waals surface area (Å²) in [7, 11) is 5.04. The number of rotatable bonds is 3. The van der Waals surface area contributed by atoms with Crippen molar-refractivity contribution in [2.45, 2.75) is 6.54 Å². The monoisotopic (exact) mass is 420 g/mol. The van der Waals surface area contributed by atoms with Gasteiger partial charge in [0, 0.05) is 50.9 Å². The van der Waals surface area contributed by atoms with Crippen molar-refractivity contribution in [2.24, 2.45) is 14.1 Å². The molecule has 1 saturated heterocycles. The molecule has 8 nitrogen and oxygen atoms in total. The summed E-state index contributed by atoms with van der Waals surface area (Å²) in [5.74, 6) is 0.0797. The lowest BCUT2D eigenvalue weighted by Gasteiger charge is -2.33. The highest BCUT2D eigenvalue weighted by Crippen LogP contribution is 2.26. The summed E-state index contributed by atoms with van der Waals surface area (Å²) >= 11 is 6.25. The zero-order valence-electron chi connectivity index (χ0n) is 16.5. The first kappa shape index (κ1) is 19.7. The van der Waals surface area contributed by atoms with Gasteiger partial charge in [-0.1, -0.05) is 17.7 Å². The van der Waals surface area contributed by atoms with Crippen LogP contribution in [0.15, 0.2) is 27.8 Å². The number of aromatic nitrogens is 4. The third-order valence-corrected chi connectivity index (χ3v) is 5.85. The Bertz CT molecular complexity index is 1190. The Balaban J connectivity index is 1.98. The van der Waals surface area contributed by atoms with E-state index in [0.29, 0.717) is 19.0 Å². The summed E-state index contributed by atoms with van der Waals surface area (Å²) in [6, 6.07) is 4.49. The van der Waals surface area contributed by atoms with E-state index in [9.17, 15) is 14.0 Å². The number of benzene rings is 1. The fourth-order valence-electron chi connectivity index (χ4n) is 3.67. The summed E-state index contributed by atoms with van der Waals surface area (Å²) in [6.07, 6.45) is 0. The molecule has 29 heavy (non-hydrogen) atoms. The number of imidazole rings is 1. The van der Waals surface area contributed by atoms with E-state index in [1.165, 1.54) is 23.7 Å². The van der Waals surface area contributed by atoms with Crippen molar-refractivity contribution in [1.29, 1.82) is 0 Å². The SMILES string of the molecule is CN1CCN(c2nc3c(c(=O)n(C)c(=O)n3C)n2Cc2c(F)cccc2Cl)CC1. The predicted octanol–water partition coefficient (Wildman–Crippen LogP) is 1.03. The maximum absolute atomic E-state index is 14.5. The highest BCUT2D eigenvalue weighted by Gasteiger charge is 2.25. The molecule has 1 aromatic carbocycles. The van der Waals surface area contributed by atoms with Crippen LogP contribution < -0.4 is 16.1 Å². The van der Waals surface area contributed by atoms with E-state index in [0.717, 1.165) is 17.7 Å². The van der Waals surface area contributed by atoms with Crippen molar-refractivity contribution < 1.29 is 4.39 Å². The fraction of sp³-hybridized carbons (Fsp3) is 0.421.